The van der Waals surface area contributed by atoms with Crippen molar-refractivity contribution in [1.29, 1.82) is 0 Å². The molecule has 0 aliphatic carbocycles. The molecular formula is C14H19NO3. The van der Waals surface area contributed by atoms with Crippen molar-refractivity contribution >= 4 is 11.9 Å². The topological polar surface area (TPSA) is 46.6 Å². The zero-order valence-corrected chi connectivity index (χ0v) is 11.1. The summed E-state index contributed by atoms with van der Waals surface area (Å²) in [6.07, 6.45) is 0.589. The summed E-state index contributed by atoms with van der Waals surface area (Å²) in [5.41, 5.74) is 2.39. The highest BCUT2D eigenvalue weighted by Gasteiger charge is 2.13. The fraction of sp³-hybridized carbons (Fsp3) is 0.429. The Balaban J connectivity index is 2.43. The lowest BCUT2D eigenvalue weighted by atomic mass is 10.1. The van der Waals surface area contributed by atoms with Gasteiger partial charge in [0, 0.05) is 13.6 Å². The summed E-state index contributed by atoms with van der Waals surface area (Å²) in [4.78, 5) is 24.2. The number of ether oxygens (including phenoxy) is 1. The number of carbonyl (C=O) groups excluding carboxylic acids is 2. The van der Waals surface area contributed by atoms with Crippen LogP contribution >= 0.6 is 0 Å². The van der Waals surface area contributed by atoms with E-state index in [9.17, 15) is 9.59 Å². The summed E-state index contributed by atoms with van der Waals surface area (Å²) >= 11 is 0. The van der Waals surface area contributed by atoms with E-state index in [0.29, 0.717) is 6.54 Å². The molecule has 0 N–H and O–H groups in total. The smallest absolute Gasteiger partial charge is 0.315 e. The molecule has 0 saturated carbocycles. The van der Waals surface area contributed by atoms with Crippen molar-refractivity contribution in [2.75, 3.05) is 20.7 Å². The molecule has 1 aromatic rings. The van der Waals surface area contributed by atoms with Gasteiger partial charge in [-0.25, -0.2) is 0 Å². The van der Waals surface area contributed by atoms with Gasteiger partial charge in [0.25, 0.3) is 0 Å². The van der Waals surface area contributed by atoms with E-state index in [-0.39, 0.29) is 12.3 Å². The van der Waals surface area contributed by atoms with E-state index in [1.54, 1.807) is 11.9 Å². The molecule has 4 nitrogen and oxygen atoms in total. The summed E-state index contributed by atoms with van der Waals surface area (Å²) < 4.78 is 4.46. The van der Waals surface area contributed by atoms with Gasteiger partial charge in [0.1, 0.15) is 6.42 Å². The second-order valence-corrected chi connectivity index (χ2v) is 4.31. The Bertz CT molecular complexity index is 429. The monoisotopic (exact) mass is 249 g/mol. The van der Waals surface area contributed by atoms with Gasteiger partial charge in [-0.3, -0.25) is 9.59 Å². The van der Waals surface area contributed by atoms with Gasteiger partial charge in [-0.1, -0.05) is 29.8 Å². The molecule has 4 heteroatoms. The largest absolute Gasteiger partial charge is 0.469 e. The number of benzene rings is 1. The van der Waals surface area contributed by atoms with Crippen molar-refractivity contribution in [3.8, 4) is 0 Å². The highest BCUT2D eigenvalue weighted by Crippen LogP contribution is 2.05. The van der Waals surface area contributed by atoms with Crippen molar-refractivity contribution in [2.45, 2.75) is 19.8 Å². The van der Waals surface area contributed by atoms with Crippen molar-refractivity contribution in [3.63, 3.8) is 0 Å². The summed E-state index contributed by atoms with van der Waals surface area (Å²) in [6.45, 7) is 2.63. The predicted octanol–water partition coefficient (Wildman–Crippen LogP) is 1.56. The fourth-order valence-electron chi connectivity index (χ4n) is 1.62. The van der Waals surface area contributed by atoms with E-state index in [4.69, 9.17) is 0 Å². The van der Waals surface area contributed by atoms with Gasteiger partial charge in [-0.15, -0.1) is 0 Å². The number of hydrogen-bond donors (Lipinski definition) is 0. The Labute approximate surface area is 108 Å². The zero-order valence-electron chi connectivity index (χ0n) is 11.1. The summed E-state index contributed by atoms with van der Waals surface area (Å²) in [5.74, 6) is -0.711. The van der Waals surface area contributed by atoms with Gasteiger partial charge < -0.3 is 9.64 Å². The number of carbonyl (C=O) groups is 2. The number of rotatable bonds is 5. The molecule has 18 heavy (non-hydrogen) atoms. The first-order valence-electron chi connectivity index (χ1n) is 5.89. The Kier molecular flexibility index (Phi) is 5.36. The van der Waals surface area contributed by atoms with Crippen LogP contribution in [0.15, 0.2) is 24.3 Å². The second-order valence-electron chi connectivity index (χ2n) is 4.31. The number of likely N-dealkylation sites (N-methyl/N-ethyl adjacent to an activating group) is 1. The summed E-state index contributed by atoms with van der Waals surface area (Å²) in [7, 11) is 2.98. The lowest BCUT2D eigenvalue weighted by molar-refractivity contribution is -0.146. The van der Waals surface area contributed by atoms with Crippen LogP contribution in [0.2, 0.25) is 0 Å². The summed E-state index contributed by atoms with van der Waals surface area (Å²) in [6, 6.07) is 8.17. The molecule has 0 aliphatic rings. The van der Waals surface area contributed by atoms with Gasteiger partial charge in [0.15, 0.2) is 0 Å². The second kappa shape index (κ2) is 6.79. The van der Waals surface area contributed by atoms with Gasteiger partial charge in [0.2, 0.25) is 5.91 Å². The highest BCUT2D eigenvalue weighted by molar-refractivity contribution is 5.94. The van der Waals surface area contributed by atoms with Gasteiger partial charge in [-0.05, 0) is 18.9 Å². The van der Waals surface area contributed by atoms with Crippen molar-refractivity contribution in [1.82, 2.24) is 4.90 Å². The molecule has 0 spiro atoms. The number of nitrogens with zero attached hydrogens (tertiary/aromatic N) is 1. The fourth-order valence-corrected chi connectivity index (χ4v) is 1.62. The highest BCUT2D eigenvalue weighted by atomic mass is 16.5. The van der Waals surface area contributed by atoms with Crippen LogP contribution in [0, 0.1) is 6.92 Å². The first kappa shape index (κ1) is 14.2. The number of hydrogen-bond acceptors (Lipinski definition) is 3. The van der Waals surface area contributed by atoms with Crippen LogP contribution < -0.4 is 0 Å². The number of methoxy groups -OCH3 is 1. The van der Waals surface area contributed by atoms with Crippen LogP contribution in [0.25, 0.3) is 0 Å². The normalized spacial score (nSPS) is 9.94. The molecule has 98 valence electrons. The van der Waals surface area contributed by atoms with E-state index < -0.39 is 5.97 Å². The van der Waals surface area contributed by atoms with Crippen LogP contribution in [0.5, 0.6) is 0 Å². The van der Waals surface area contributed by atoms with E-state index in [1.165, 1.54) is 18.2 Å². The van der Waals surface area contributed by atoms with Gasteiger partial charge >= 0.3 is 5.97 Å². The van der Waals surface area contributed by atoms with Crippen molar-refractivity contribution in [2.24, 2.45) is 0 Å². The van der Waals surface area contributed by atoms with E-state index >= 15 is 0 Å². The SMILES string of the molecule is COC(=O)CC(=O)N(C)CCc1cccc(C)c1. The maximum absolute atomic E-state index is 11.6. The third-order valence-electron chi connectivity index (χ3n) is 2.77. The lowest BCUT2D eigenvalue weighted by Crippen LogP contribution is -2.30. The molecule has 0 bridgehead atoms. The quantitative estimate of drug-likeness (QED) is 0.587. The van der Waals surface area contributed by atoms with Gasteiger partial charge in [0.05, 0.1) is 7.11 Å². The molecule has 0 radical (unpaired) electrons. The number of esters is 1. The van der Waals surface area contributed by atoms with E-state index in [1.807, 2.05) is 25.1 Å². The van der Waals surface area contributed by atoms with Gasteiger partial charge in [-0.2, -0.15) is 0 Å². The molecule has 1 amide bonds. The molecule has 1 rings (SSSR count). The zero-order chi connectivity index (χ0) is 13.5. The minimum Gasteiger partial charge on any atom is -0.469 e. The Morgan fingerprint density at radius 1 is 1.33 bits per heavy atom. The third-order valence-corrected chi connectivity index (χ3v) is 2.77. The molecule has 0 aliphatic heterocycles. The predicted molar refractivity (Wildman–Crippen MR) is 69.2 cm³/mol. The lowest BCUT2D eigenvalue weighted by Gasteiger charge is -2.16. The Morgan fingerprint density at radius 2 is 2.06 bits per heavy atom. The Morgan fingerprint density at radius 3 is 2.67 bits per heavy atom. The molecule has 0 aromatic heterocycles. The number of amides is 1. The molecule has 1 aromatic carbocycles. The first-order chi connectivity index (χ1) is 8.52. The van der Waals surface area contributed by atoms with Crippen LogP contribution in [0.1, 0.15) is 17.5 Å². The standard InChI is InChI=1S/C14H19NO3/c1-11-5-4-6-12(9-11)7-8-15(2)13(16)10-14(17)18-3/h4-6,9H,7-8,10H2,1-3H3. The molecule has 0 unspecified atom stereocenters. The summed E-state index contributed by atoms with van der Waals surface area (Å²) in [5, 5.41) is 0. The minimum absolute atomic E-state index is 0.194. The Hall–Kier alpha value is -1.84. The van der Waals surface area contributed by atoms with Crippen LogP contribution in [0.3, 0.4) is 0 Å². The maximum Gasteiger partial charge on any atom is 0.315 e. The van der Waals surface area contributed by atoms with Crippen molar-refractivity contribution in [3.05, 3.63) is 35.4 Å². The van der Waals surface area contributed by atoms with Crippen LogP contribution in [-0.4, -0.2) is 37.5 Å². The average Bonchev–Trinajstić information content (AvgIpc) is 2.35. The third kappa shape index (κ3) is 4.57. The minimum atomic E-state index is -0.498. The number of aryl methyl sites for hydroxylation is 1. The molecule has 0 heterocycles. The van der Waals surface area contributed by atoms with E-state index in [0.717, 1.165) is 6.42 Å². The molecule has 0 saturated heterocycles. The average molecular weight is 249 g/mol. The van der Waals surface area contributed by atoms with Crippen LogP contribution in [0.4, 0.5) is 0 Å². The molecule has 0 atom stereocenters. The molecular weight excluding hydrogens is 230 g/mol. The maximum atomic E-state index is 11.6. The first-order valence-corrected chi connectivity index (χ1v) is 5.89. The molecule has 0 fully saturated rings. The van der Waals surface area contributed by atoms with E-state index in [2.05, 4.69) is 10.8 Å². The van der Waals surface area contributed by atoms with Crippen LogP contribution in [-0.2, 0) is 20.7 Å². The van der Waals surface area contributed by atoms with Crippen molar-refractivity contribution < 1.29 is 14.3 Å².